The third kappa shape index (κ3) is 4.44. The second-order valence-corrected chi connectivity index (χ2v) is 11.7. The Hall–Kier alpha value is -2.23. The van der Waals surface area contributed by atoms with Gasteiger partial charge >= 0.3 is 152 Å². The van der Waals surface area contributed by atoms with Crippen molar-refractivity contribution >= 4 is 38.5 Å². The number of methoxy groups -OCH3 is 2. The number of carbonyl (C=O) groups excluding carboxylic acids is 2. The van der Waals surface area contributed by atoms with Crippen LogP contribution in [-0.4, -0.2) is 45.5 Å². The molecular weight excluding hydrogens is 440 g/mol. The number of rotatable bonds is 4. The van der Waals surface area contributed by atoms with Gasteiger partial charge < -0.3 is 0 Å². The van der Waals surface area contributed by atoms with Crippen molar-refractivity contribution < 1.29 is 25.3 Å². The first-order chi connectivity index (χ1) is 11.9. The molecule has 0 spiro atoms. The van der Waals surface area contributed by atoms with Crippen LogP contribution in [0.2, 0.25) is 0 Å². The summed E-state index contributed by atoms with van der Waals surface area (Å²) in [5, 5.41) is 0. The summed E-state index contributed by atoms with van der Waals surface area (Å²) in [5.74, 6) is 0. The zero-order valence-corrected chi connectivity index (χ0v) is 16.8. The monoisotopic (exact) mass is 462 g/mol. The van der Waals surface area contributed by atoms with Crippen LogP contribution in [0.3, 0.4) is 0 Å². The molecule has 2 rings (SSSR count). The molecule has 0 amide bonds. The predicted molar refractivity (Wildman–Crippen MR) is 94.4 cm³/mol. The molecule has 0 bridgehead atoms. The Kier molecular flexibility index (Phi) is 6.29. The fourth-order valence-electron chi connectivity index (χ4n) is 2.04. The van der Waals surface area contributed by atoms with E-state index in [0.717, 1.165) is 11.1 Å². The van der Waals surface area contributed by atoms with Crippen molar-refractivity contribution in [3.8, 4) is 0 Å². The van der Waals surface area contributed by atoms with Crippen LogP contribution in [0.4, 0.5) is 9.59 Å². The van der Waals surface area contributed by atoms with Gasteiger partial charge in [-0.2, -0.15) is 0 Å². The summed E-state index contributed by atoms with van der Waals surface area (Å²) in [7, 11) is 2.41. The Labute approximate surface area is 151 Å². The summed E-state index contributed by atoms with van der Waals surface area (Å²) in [6.45, 7) is 3.87. The van der Waals surface area contributed by atoms with Crippen LogP contribution in [0.1, 0.15) is 11.1 Å². The summed E-state index contributed by atoms with van der Waals surface area (Å²) in [4.78, 5) is 23.9. The molecule has 0 atom stereocenters. The van der Waals surface area contributed by atoms with Crippen molar-refractivity contribution in [1.29, 1.82) is 0 Å². The van der Waals surface area contributed by atoms with Crippen LogP contribution in [0.15, 0.2) is 48.5 Å². The Morgan fingerprint density at radius 1 is 0.680 bits per heavy atom. The zero-order chi connectivity index (χ0) is 18.4. The zero-order valence-electron chi connectivity index (χ0n) is 14.5. The molecule has 134 valence electrons. The number of carbonyl (C=O) groups is 2. The molecule has 7 heteroatoms. The van der Waals surface area contributed by atoms with Gasteiger partial charge in [0.1, 0.15) is 0 Å². The van der Waals surface area contributed by atoms with Gasteiger partial charge in [0.05, 0.1) is 0 Å². The van der Waals surface area contributed by atoms with Gasteiger partial charge in [-0.1, -0.05) is 0 Å². The van der Waals surface area contributed by atoms with Crippen LogP contribution in [0.5, 0.6) is 0 Å². The number of aryl methyl sites for hydroxylation is 2. The van der Waals surface area contributed by atoms with Crippen LogP contribution >= 0.6 is 0 Å². The standard InChI is InChI=1S/C18H20O6Te/c1-13-5-9-15(10-6-13)25(23-17(19)21-3,24-18(20)22-4)16-11-7-14(2)8-12-16/h5-12H,1-4H3. The van der Waals surface area contributed by atoms with Crippen LogP contribution in [-0.2, 0) is 15.7 Å². The first kappa shape index (κ1) is 19.1. The molecule has 0 aliphatic rings. The summed E-state index contributed by atoms with van der Waals surface area (Å²) in [5.41, 5.74) is 2.06. The molecule has 0 saturated carbocycles. The summed E-state index contributed by atoms with van der Waals surface area (Å²) in [6.07, 6.45) is -1.82. The first-order valence-electron chi connectivity index (χ1n) is 7.43. The number of benzene rings is 2. The minimum absolute atomic E-state index is 0.632. The Bertz CT molecular complexity index is 674. The van der Waals surface area contributed by atoms with Gasteiger partial charge in [0.2, 0.25) is 0 Å². The van der Waals surface area contributed by atoms with E-state index >= 15 is 0 Å². The van der Waals surface area contributed by atoms with Crippen LogP contribution < -0.4 is 7.22 Å². The van der Waals surface area contributed by atoms with E-state index in [-0.39, 0.29) is 0 Å². The third-order valence-corrected chi connectivity index (χ3v) is 10.6. The van der Waals surface area contributed by atoms with E-state index in [2.05, 4.69) is 9.47 Å². The fourth-order valence-corrected chi connectivity index (χ4v) is 8.32. The quantitative estimate of drug-likeness (QED) is 0.516. The van der Waals surface area contributed by atoms with E-state index in [0.29, 0.717) is 7.22 Å². The van der Waals surface area contributed by atoms with E-state index in [9.17, 15) is 9.59 Å². The van der Waals surface area contributed by atoms with Crippen molar-refractivity contribution in [2.24, 2.45) is 0 Å². The van der Waals surface area contributed by atoms with Gasteiger partial charge in [0.15, 0.2) is 0 Å². The van der Waals surface area contributed by atoms with Gasteiger partial charge in [-0.15, -0.1) is 0 Å². The molecule has 0 N–H and O–H groups in total. The molecule has 0 radical (unpaired) electrons. The van der Waals surface area contributed by atoms with Crippen molar-refractivity contribution in [2.45, 2.75) is 13.8 Å². The van der Waals surface area contributed by atoms with E-state index in [1.165, 1.54) is 14.2 Å². The molecule has 0 unspecified atom stereocenters. The Morgan fingerprint density at radius 2 is 1.00 bits per heavy atom. The maximum atomic E-state index is 11.9. The fraction of sp³-hybridized carbons (Fsp3) is 0.222. The topological polar surface area (TPSA) is 71.1 Å². The second kappa shape index (κ2) is 8.23. The van der Waals surface area contributed by atoms with Crippen LogP contribution in [0.25, 0.3) is 0 Å². The average molecular weight is 460 g/mol. The van der Waals surface area contributed by atoms with Crippen molar-refractivity contribution in [3.63, 3.8) is 0 Å². The van der Waals surface area contributed by atoms with E-state index in [4.69, 9.17) is 6.20 Å². The van der Waals surface area contributed by atoms with Crippen molar-refractivity contribution in [2.75, 3.05) is 14.2 Å². The normalized spacial score (nSPS) is 11.4. The molecule has 0 fully saturated rings. The van der Waals surface area contributed by atoms with Crippen LogP contribution in [0, 0.1) is 13.8 Å². The molecular formula is C18H20O6Te. The second-order valence-electron chi connectivity index (χ2n) is 5.20. The summed E-state index contributed by atoms with van der Waals surface area (Å²) >= 11 is -4.40. The summed E-state index contributed by atoms with van der Waals surface area (Å²) < 4.78 is 21.8. The van der Waals surface area contributed by atoms with E-state index in [1.807, 2.05) is 38.1 Å². The Balaban J connectivity index is 2.66. The molecule has 0 aliphatic carbocycles. The Morgan fingerprint density at radius 3 is 1.28 bits per heavy atom. The van der Waals surface area contributed by atoms with Gasteiger partial charge in [-0.05, 0) is 0 Å². The number of hydrogen-bond donors (Lipinski definition) is 0. The van der Waals surface area contributed by atoms with Crippen molar-refractivity contribution in [1.82, 2.24) is 0 Å². The summed E-state index contributed by atoms with van der Waals surface area (Å²) in [6, 6.07) is 14.6. The molecule has 0 aliphatic heterocycles. The van der Waals surface area contributed by atoms with E-state index < -0.39 is 31.3 Å². The molecule has 0 heterocycles. The number of ether oxygens (including phenoxy) is 2. The van der Waals surface area contributed by atoms with Gasteiger partial charge in [-0.25, -0.2) is 0 Å². The number of hydrogen-bond acceptors (Lipinski definition) is 6. The SMILES string of the molecule is COC(=O)O[Te](OC(=O)OC)(c1ccc(C)cc1)c1ccc(C)cc1. The molecule has 2 aromatic carbocycles. The average Bonchev–Trinajstić information content (AvgIpc) is 2.62. The molecule has 0 saturated heterocycles. The maximum absolute atomic E-state index is 11.9. The molecule has 25 heavy (non-hydrogen) atoms. The van der Waals surface area contributed by atoms with Gasteiger partial charge in [0.25, 0.3) is 0 Å². The van der Waals surface area contributed by atoms with E-state index in [1.54, 1.807) is 24.3 Å². The van der Waals surface area contributed by atoms with Gasteiger partial charge in [-0.3, -0.25) is 0 Å². The first-order valence-corrected chi connectivity index (χ1v) is 11.7. The third-order valence-electron chi connectivity index (χ3n) is 3.37. The molecule has 6 nitrogen and oxygen atoms in total. The molecule has 0 aromatic heterocycles. The van der Waals surface area contributed by atoms with Gasteiger partial charge in [0, 0.05) is 0 Å². The molecule has 2 aromatic rings. The minimum atomic E-state index is -4.40. The van der Waals surface area contributed by atoms with Crippen molar-refractivity contribution in [3.05, 3.63) is 59.7 Å². The predicted octanol–water partition coefficient (Wildman–Crippen LogP) is 2.43.